The third-order valence-corrected chi connectivity index (χ3v) is 6.00. The normalized spacial score (nSPS) is 17.0. The molecule has 0 aliphatic carbocycles. The summed E-state index contributed by atoms with van der Waals surface area (Å²) < 4.78 is 5.37. The minimum atomic E-state index is -0.466. The van der Waals surface area contributed by atoms with E-state index >= 15 is 0 Å². The number of aryl methyl sites for hydroxylation is 1. The number of anilines is 1. The van der Waals surface area contributed by atoms with Crippen LogP contribution in [0.2, 0.25) is 0 Å². The van der Waals surface area contributed by atoms with Crippen LogP contribution in [-0.4, -0.2) is 39.0 Å². The third kappa shape index (κ3) is 4.55. The number of nitrogens with zero attached hydrogens (tertiary/aromatic N) is 4. The van der Waals surface area contributed by atoms with E-state index in [0.717, 1.165) is 29.8 Å². The first-order valence-corrected chi connectivity index (χ1v) is 10.5. The molecule has 0 saturated carbocycles. The minimum Gasteiger partial charge on any atom is -0.338 e. The van der Waals surface area contributed by atoms with Crippen molar-refractivity contribution in [3.63, 3.8) is 0 Å². The Kier molecular flexibility index (Phi) is 5.86. The van der Waals surface area contributed by atoms with Crippen LogP contribution >= 0.6 is 11.3 Å². The molecule has 1 amide bonds. The number of hydrogen-bond donors (Lipinski definition) is 1. The van der Waals surface area contributed by atoms with Crippen molar-refractivity contribution >= 4 is 28.6 Å². The number of non-ortho nitro benzene ring substituents is 1. The van der Waals surface area contributed by atoms with Crippen LogP contribution in [0, 0.1) is 23.0 Å². The molecule has 4 rings (SSSR count). The highest BCUT2D eigenvalue weighted by molar-refractivity contribution is 7.13. The van der Waals surface area contributed by atoms with Crippen LogP contribution < -0.4 is 5.32 Å². The minimum absolute atomic E-state index is 0.0425. The summed E-state index contributed by atoms with van der Waals surface area (Å²) in [5.74, 6) is 0.756. The molecule has 0 spiro atoms. The van der Waals surface area contributed by atoms with Crippen LogP contribution in [0.15, 0.2) is 40.2 Å². The third-order valence-electron chi connectivity index (χ3n) is 5.13. The predicted molar refractivity (Wildman–Crippen MR) is 112 cm³/mol. The van der Waals surface area contributed by atoms with Gasteiger partial charge in [0.05, 0.1) is 28.0 Å². The van der Waals surface area contributed by atoms with Gasteiger partial charge in [0.1, 0.15) is 0 Å². The summed E-state index contributed by atoms with van der Waals surface area (Å²) in [6.07, 6.45) is 1.64. The second-order valence-corrected chi connectivity index (χ2v) is 8.26. The van der Waals surface area contributed by atoms with Crippen LogP contribution in [0.4, 0.5) is 11.4 Å². The lowest BCUT2D eigenvalue weighted by Gasteiger charge is -2.31. The molecule has 9 nitrogen and oxygen atoms in total. The van der Waals surface area contributed by atoms with E-state index < -0.39 is 4.92 Å². The average molecular weight is 427 g/mol. The van der Waals surface area contributed by atoms with Gasteiger partial charge in [-0.2, -0.15) is 4.98 Å². The highest BCUT2D eigenvalue weighted by Crippen LogP contribution is 2.26. The van der Waals surface area contributed by atoms with Gasteiger partial charge < -0.3 is 9.84 Å². The van der Waals surface area contributed by atoms with Gasteiger partial charge in [0.25, 0.3) is 5.69 Å². The smallest absolute Gasteiger partial charge is 0.271 e. The second-order valence-electron chi connectivity index (χ2n) is 7.31. The first kappa shape index (κ1) is 20.2. The highest BCUT2D eigenvalue weighted by atomic mass is 32.1. The van der Waals surface area contributed by atoms with Crippen molar-refractivity contribution in [2.24, 2.45) is 5.92 Å². The van der Waals surface area contributed by atoms with Crippen LogP contribution in [-0.2, 0) is 11.3 Å². The molecule has 1 N–H and O–H groups in total. The van der Waals surface area contributed by atoms with Crippen molar-refractivity contribution in [2.45, 2.75) is 26.3 Å². The quantitative estimate of drug-likeness (QED) is 0.469. The number of rotatable bonds is 6. The highest BCUT2D eigenvalue weighted by Gasteiger charge is 2.27. The van der Waals surface area contributed by atoms with Crippen LogP contribution in [0.5, 0.6) is 0 Å². The largest absolute Gasteiger partial charge is 0.338 e. The van der Waals surface area contributed by atoms with Gasteiger partial charge >= 0.3 is 0 Å². The summed E-state index contributed by atoms with van der Waals surface area (Å²) in [4.78, 5) is 30.9. The molecule has 2 aromatic heterocycles. The van der Waals surface area contributed by atoms with E-state index in [1.165, 1.54) is 12.1 Å². The van der Waals surface area contributed by atoms with E-state index in [4.69, 9.17) is 4.52 Å². The van der Waals surface area contributed by atoms with E-state index in [1.807, 2.05) is 24.4 Å². The van der Waals surface area contributed by atoms with Gasteiger partial charge in [-0.15, -0.1) is 11.3 Å². The number of piperidine rings is 1. The number of nitro benzene ring substituents is 1. The lowest BCUT2D eigenvalue weighted by molar-refractivity contribution is -0.384. The van der Waals surface area contributed by atoms with Gasteiger partial charge in [0.15, 0.2) is 0 Å². The number of nitrogens with one attached hydrogen (secondary N) is 1. The molecule has 1 unspecified atom stereocenters. The Labute approximate surface area is 176 Å². The zero-order chi connectivity index (χ0) is 21.1. The molecular formula is C20H21N5O4S. The summed E-state index contributed by atoms with van der Waals surface area (Å²) in [6.45, 7) is 3.71. The standard InChI is InChI=1S/C20H21N5O4S/c1-13-6-7-15(25(27)28)10-16(13)21-20(26)14-4-2-8-24(11-14)12-18-22-19(23-29-18)17-5-3-9-30-17/h3,5-7,9-10,14H,2,4,8,11-12H2,1H3,(H,21,26). The fourth-order valence-electron chi connectivity index (χ4n) is 3.52. The maximum atomic E-state index is 12.8. The molecular weight excluding hydrogens is 406 g/mol. The number of carbonyl (C=O) groups is 1. The molecule has 1 saturated heterocycles. The number of carbonyl (C=O) groups excluding carboxylic acids is 1. The Morgan fingerprint density at radius 3 is 3.07 bits per heavy atom. The first-order valence-electron chi connectivity index (χ1n) is 9.64. The van der Waals surface area contributed by atoms with Gasteiger partial charge in [-0.1, -0.05) is 17.3 Å². The zero-order valence-corrected chi connectivity index (χ0v) is 17.2. The molecule has 3 aromatic rings. The molecule has 1 aliphatic heterocycles. The maximum Gasteiger partial charge on any atom is 0.271 e. The van der Waals surface area contributed by atoms with Gasteiger partial charge in [0.2, 0.25) is 17.6 Å². The maximum absolute atomic E-state index is 12.8. The molecule has 3 heterocycles. The molecule has 1 atom stereocenters. The van der Waals surface area contributed by atoms with Crippen molar-refractivity contribution in [2.75, 3.05) is 18.4 Å². The van der Waals surface area contributed by atoms with Crippen LogP contribution in [0.1, 0.15) is 24.3 Å². The number of benzene rings is 1. The molecule has 1 fully saturated rings. The topological polar surface area (TPSA) is 114 Å². The summed E-state index contributed by atoms with van der Waals surface area (Å²) in [5, 5.41) is 19.9. The fraction of sp³-hybridized carbons (Fsp3) is 0.350. The lowest BCUT2D eigenvalue weighted by atomic mass is 9.97. The number of nitro groups is 1. The van der Waals surface area contributed by atoms with Crippen molar-refractivity contribution in [1.29, 1.82) is 0 Å². The predicted octanol–water partition coefficient (Wildman–Crippen LogP) is 3.87. The summed E-state index contributed by atoms with van der Waals surface area (Å²) in [5.41, 5.74) is 1.22. The van der Waals surface area contributed by atoms with Crippen molar-refractivity contribution in [3.8, 4) is 10.7 Å². The molecule has 1 aromatic carbocycles. The molecule has 30 heavy (non-hydrogen) atoms. The molecule has 0 bridgehead atoms. The van der Waals surface area contributed by atoms with Gasteiger partial charge in [-0.25, -0.2) is 0 Å². The van der Waals surface area contributed by atoms with E-state index in [-0.39, 0.29) is 17.5 Å². The van der Waals surface area contributed by atoms with Crippen molar-refractivity contribution < 1.29 is 14.2 Å². The van der Waals surface area contributed by atoms with Crippen LogP contribution in [0.3, 0.4) is 0 Å². The second kappa shape index (κ2) is 8.72. The first-order chi connectivity index (χ1) is 14.5. The Hall–Kier alpha value is -3.11. The summed E-state index contributed by atoms with van der Waals surface area (Å²) in [6, 6.07) is 8.35. The van der Waals surface area contributed by atoms with Crippen molar-refractivity contribution in [1.82, 2.24) is 15.0 Å². The van der Waals surface area contributed by atoms with Gasteiger partial charge in [0, 0.05) is 18.7 Å². The molecule has 1 aliphatic rings. The monoisotopic (exact) mass is 427 g/mol. The Morgan fingerprint density at radius 1 is 1.43 bits per heavy atom. The van der Waals surface area contributed by atoms with E-state index in [9.17, 15) is 14.9 Å². The molecule has 10 heteroatoms. The summed E-state index contributed by atoms with van der Waals surface area (Å²) in [7, 11) is 0. The summed E-state index contributed by atoms with van der Waals surface area (Å²) >= 11 is 1.55. The number of likely N-dealkylation sites (tertiary alicyclic amines) is 1. The van der Waals surface area contributed by atoms with E-state index in [1.54, 1.807) is 17.4 Å². The van der Waals surface area contributed by atoms with E-state index in [2.05, 4.69) is 20.4 Å². The fourth-order valence-corrected chi connectivity index (χ4v) is 4.17. The molecule has 0 radical (unpaired) electrons. The Balaban J connectivity index is 1.38. The Morgan fingerprint density at radius 2 is 2.30 bits per heavy atom. The van der Waals surface area contributed by atoms with E-state index in [0.29, 0.717) is 30.5 Å². The number of amides is 1. The van der Waals surface area contributed by atoms with Crippen molar-refractivity contribution in [3.05, 3.63) is 57.3 Å². The lowest BCUT2D eigenvalue weighted by Crippen LogP contribution is -2.40. The van der Waals surface area contributed by atoms with Gasteiger partial charge in [-0.05, 0) is 43.3 Å². The molecule has 156 valence electrons. The number of thiophene rings is 1. The van der Waals surface area contributed by atoms with Gasteiger partial charge in [-0.3, -0.25) is 19.8 Å². The Bertz CT molecular complexity index is 1050. The number of aromatic nitrogens is 2. The zero-order valence-electron chi connectivity index (χ0n) is 16.4. The SMILES string of the molecule is Cc1ccc([N+](=O)[O-])cc1NC(=O)C1CCCN(Cc2nc(-c3cccs3)no2)C1. The average Bonchev–Trinajstić information content (AvgIpc) is 3.41. The number of hydrogen-bond acceptors (Lipinski definition) is 8. The van der Waals surface area contributed by atoms with Crippen LogP contribution in [0.25, 0.3) is 10.7 Å².